The first-order chi connectivity index (χ1) is 9.83. The molecule has 0 unspecified atom stereocenters. The van der Waals surface area contributed by atoms with Gasteiger partial charge in [-0.3, -0.25) is 15.1 Å². The molecule has 0 aliphatic heterocycles. The molecular formula is C15H17N3OS. The first kappa shape index (κ1) is 13.2. The molecule has 0 atom stereocenters. The van der Waals surface area contributed by atoms with E-state index in [0.717, 1.165) is 12.8 Å². The van der Waals surface area contributed by atoms with Crippen LogP contribution in [0.15, 0.2) is 24.4 Å². The van der Waals surface area contributed by atoms with Crippen LogP contribution in [0.2, 0.25) is 0 Å². The third kappa shape index (κ3) is 3.04. The second kappa shape index (κ2) is 6.13. The van der Waals surface area contributed by atoms with E-state index >= 15 is 0 Å². The van der Waals surface area contributed by atoms with Crippen LogP contribution in [0.1, 0.15) is 46.7 Å². The van der Waals surface area contributed by atoms with Crippen LogP contribution in [0, 0.1) is 0 Å². The number of rotatable bonds is 2. The van der Waals surface area contributed by atoms with Crippen LogP contribution in [0.4, 0.5) is 5.13 Å². The number of nitrogens with zero attached hydrogens (tertiary/aromatic N) is 2. The summed E-state index contributed by atoms with van der Waals surface area (Å²) in [6.45, 7) is 0. The minimum atomic E-state index is -0.188. The van der Waals surface area contributed by atoms with E-state index in [1.165, 1.54) is 36.3 Å². The fraction of sp³-hybridized carbons (Fsp3) is 0.400. The molecule has 2 heterocycles. The summed E-state index contributed by atoms with van der Waals surface area (Å²) in [6, 6.07) is 5.31. The summed E-state index contributed by atoms with van der Waals surface area (Å²) in [4.78, 5) is 22.0. The number of thiazole rings is 1. The molecule has 0 radical (unpaired) electrons. The molecule has 20 heavy (non-hydrogen) atoms. The van der Waals surface area contributed by atoms with Crippen molar-refractivity contribution in [3.8, 4) is 0 Å². The van der Waals surface area contributed by atoms with Gasteiger partial charge in [0.25, 0.3) is 5.91 Å². The van der Waals surface area contributed by atoms with Gasteiger partial charge in [0.15, 0.2) is 5.13 Å². The number of carbonyl (C=O) groups is 1. The Labute approximate surface area is 122 Å². The van der Waals surface area contributed by atoms with Crippen LogP contribution in [-0.2, 0) is 12.8 Å². The van der Waals surface area contributed by atoms with E-state index in [9.17, 15) is 4.79 Å². The molecule has 3 rings (SSSR count). The van der Waals surface area contributed by atoms with Crippen molar-refractivity contribution in [2.45, 2.75) is 38.5 Å². The maximum absolute atomic E-state index is 12.1. The van der Waals surface area contributed by atoms with Crippen molar-refractivity contribution in [1.82, 2.24) is 9.97 Å². The summed E-state index contributed by atoms with van der Waals surface area (Å²) in [7, 11) is 0. The average Bonchev–Trinajstić information content (AvgIpc) is 2.81. The number of hydrogen-bond donors (Lipinski definition) is 1. The summed E-state index contributed by atoms with van der Waals surface area (Å²) in [5, 5.41) is 3.56. The van der Waals surface area contributed by atoms with Crippen molar-refractivity contribution in [2.75, 3.05) is 5.32 Å². The summed E-state index contributed by atoms with van der Waals surface area (Å²) >= 11 is 1.61. The number of anilines is 1. The lowest BCUT2D eigenvalue weighted by atomic mass is 10.0. The van der Waals surface area contributed by atoms with Gasteiger partial charge in [-0.05, 0) is 37.8 Å². The molecule has 4 nitrogen and oxygen atoms in total. The van der Waals surface area contributed by atoms with Crippen molar-refractivity contribution in [3.05, 3.63) is 40.7 Å². The van der Waals surface area contributed by atoms with Crippen LogP contribution < -0.4 is 5.32 Å². The molecule has 0 spiro atoms. The Balaban J connectivity index is 1.75. The zero-order valence-electron chi connectivity index (χ0n) is 11.3. The van der Waals surface area contributed by atoms with Gasteiger partial charge in [0.2, 0.25) is 0 Å². The first-order valence-electron chi connectivity index (χ1n) is 7.04. The number of amides is 1. The highest BCUT2D eigenvalue weighted by molar-refractivity contribution is 7.15. The quantitative estimate of drug-likeness (QED) is 0.920. The predicted molar refractivity (Wildman–Crippen MR) is 80.2 cm³/mol. The molecule has 0 aromatic carbocycles. The van der Waals surface area contributed by atoms with Gasteiger partial charge in [-0.2, -0.15) is 0 Å². The highest BCUT2D eigenvalue weighted by atomic mass is 32.1. The summed E-state index contributed by atoms with van der Waals surface area (Å²) in [5.41, 5.74) is 1.60. The molecular weight excluding hydrogens is 270 g/mol. The standard InChI is InChI=1S/C15H17N3OS/c19-14(12-8-5-6-10-16-12)18-15-17-11-7-3-1-2-4-9-13(11)20-15/h5-6,8,10H,1-4,7,9H2,(H,17,18,19). The Morgan fingerprint density at radius 3 is 2.80 bits per heavy atom. The number of nitrogens with one attached hydrogen (secondary N) is 1. The smallest absolute Gasteiger partial charge is 0.276 e. The van der Waals surface area contributed by atoms with E-state index in [4.69, 9.17) is 0 Å². The Hall–Kier alpha value is -1.75. The summed E-state index contributed by atoms with van der Waals surface area (Å²) in [5.74, 6) is -0.188. The predicted octanol–water partition coefficient (Wildman–Crippen LogP) is 3.45. The SMILES string of the molecule is O=C(Nc1nc2c(s1)CCCCCC2)c1ccccn1. The molecule has 1 aliphatic rings. The molecule has 0 saturated carbocycles. The maximum atomic E-state index is 12.1. The molecule has 1 N–H and O–H groups in total. The molecule has 2 aromatic heterocycles. The molecule has 0 fully saturated rings. The fourth-order valence-electron chi connectivity index (χ4n) is 2.42. The number of aromatic nitrogens is 2. The van der Waals surface area contributed by atoms with E-state index < -0.39 is 0 Å². The summed E-state index contributed by atoms with van der Waals surface area (Å²) < 4.78 is 0. The highest BCUT2D eigenvalue weighted by Gasteiger charge is 2.15. The zero-order chi connectivity index (χ0) is 13.8. The molecule has 0 saturated heterocycles. The monoisotopic (exact) mass is 287 g/mol. The number of pyridine rings is 1. The topological polar surface area (TPSA) is 54.9 Å². The lowest BCUT2D eigenvalue weighted by Gasteiger charge is -2.06. The lowest BCUT2D eigenvalue weighted by Crippen LogP contribution is -2.13. The average molecular weight is 287 g/mol. The van der Waals surface area contributed by atoms with Crippen LogP contribution in [0.5, 0.6) is 0 Å². The number of aryl methyl sites for hydroxylation is 2. The van der Waals surface area contributed by atoms with Crippen molar-refractivity contribution in [2.24, 2.45) is 0 Å². The summed E-state index contributed by atoms with van der Waals surface area (Å²) in [6.07, 6.45) is 8.75. The molecule has 0 bridgehead atoms. The van der Waals surface area contributed by atoms with Crippen LogP contribution in [0.3, 0.4) is 0 Å². The van der Waals surface area contributed by atoms with Gasteiger partial charge >= 0.3 is 0 Å². The number of carbonyl (C=O) groups excluding carboxylic acids is 1. The molecule has 5 heteroatoms. The maximum Gasteiger partial charge on any atom is 0.276 e. The van der Waals surface area contributed by atoms with E-state index in [0.29, 0.717) is 10.8 Å². The van der Waals surface area contributed by atoms with Crippen LogP contribution in [0.25, 0.3) is 0 Å². The molecule has 1 aliphatic carbocycles. The van der Waals surface area contributed by atoms with Gasteiger partial charge in [-0.1, -0.05) is 18.9 Å². The van der Waals surface area contributed by atoms with E-state index in [1.807, 2.05) is 6.07 Å². The second-order valence-electron chi connectivity index (χ2n) is 4.97. The van der Waals surface area contributed by atoms with Crippen molar-refractivity contribution >= 4 is 22.4 Å². The van der Waals surface area contributed by atoms with Crippen molar-refractivity contribution < 1.29 is 4.79 Å². The fourth-order valence-corrected chi connectivity index (χ4v) is 3.46. The number of hydrogen-bond acceptors (Lipinski definition) is 4. The minimum absolute atomic E-state index is 0.188. The Morgan fingerprint density at radius 1 is 1.15 bits per heavy atom. The van der Waals surface area contributed by atoms with Gasteiger partial charge in [0, 0.05) is 11.1 Å². The highest BCUT2D eigenvalue weighted by Crippen LogP contribution is 2.28. The van der Waals surface area contributed by atoms with E-state index in [2.05, 4.69) is 15.3 Å². The van der Waals surface area contributed by atoms with Crippen LogP contribution >= 0.6 is 11.3 Å². The first-order valence-corrected chi connectivity index (χ1v) is 7.85. The molecule has 1 amide bonds. The van der Waals surface area contributed by atoms with Gasteiger partial charge in [0.1, 0.15) is 5.69 Å². The van der Waals surface area contributed by atoms with E-state index in [1.54, 1.807) is 29.7 Å². The van der Waals surface area contributed by atoms with Gasteiger partial charge in [0.05, 0.1) is 5.69 Å². The van der Waals surface area contributed by atoms with Gasteiger partial charge in [-0.15, -0.1) is 11.3 Å². The third-order valence-electron chi connectivity index (χ3n) is 3.46. The lowest BCUT2D eigenvalue weighted by molar-refractivity contribution is 0.102. The minimum Gasteiger partial charge on any atom is -0.296 e. The second-order valence-corrected chi connectivity index (χ2v) is 6.06. The van der Waals surface area contributed by atoms with E-state index in [-0.39, 0.29) is 5.91 Å². The van der Waals surface area contributed by atoms with Crippen LogP contribution in [-0.4, -0.2) is 15.9 Å². The number of fused-ring (bicyclic) bond motifs is 1. The van der Waals surface area contributed by atoms with Crippen molar-refractivity contribution in [1.29, 1.82) is 0 Å². The molecule has 104 valence electrons. The molecule has 2 aromatic rings. The normalized spacial score (nSPS) is 15.0. The van der Waals surface area contributed by atoms with Gasteiger partial charge in [-0.25, -0.2) is 4.98 Å². The zero-order valence-corrected chi connectivity index (χ0v) is 12.1. The largest absolute Gasteiger partial charge is 0.296 e. The Bertz CT molecular complexity index is 569. The Kier molecular flexibility index (Phi) is 4.06. The third-order valence-corrected chi connectivity index (χ3v) is 4.54. The Morgan fingerprint density at radius 2 is 2.00 bits per heavy atom. The van der Waals surface area contributed by atoms with Crippen molar-refractivity contribution in [3.63, 3.8) is 0 Å². The van der Waals surface area contributed by atoms with Gasteiger partial charge < -0.3 is 0 Å².